The Hall–Kier alpha value is -0.930. The molecule has 0 aromatic carbocycles. The van der Waals surface area contributed by atoms with Crippen LogP contribution in [0.25, 0.3) is 0 Å². The molecule has 2 unspecified atom stereocenters. The summed E-state index contributed by atoms with van der Waals surface area (Å²) in [5.74, 6) is 0.607. The lowest BCUT2D eigenvalue weighted by atomic mass is 9.80. The molecule has 0 aliphatic carbocycles. The van der Waals surface area contributed by atoms with Gasteiger partial charge < -0.3 is 10.1 Å². The molecule has 2 heterocycles. The minimum atomic E-state index is 0.105. The van der Waals surface area contributed by atoms with E-state index in [1.54, 1.807) is 7.11 Å². The fourth-order valence-corrected chi connectivity index (χ4v) is 2.60. The first-order chi connectivity index (χ1) is 7.73. The summed E-state index contributed by atoms with van der Waals surface area (Å²) in [7, 11) is 1.76. The largest absolute Gasteiger partial charge is 0.383 e. The zero-order valence-corrected chi connectivity index (χ0v) is 10.1. The Labute approximate surface area is 97.2 Å². The van der Waals surface area contributed by atoms with Gasteiger partial charge in [0.25, 0.3) is 0 Å². The number of aromatic nitrogens is 1. The van der Waals surface area contributed by atoms with Gasteiger partial charge in [-0.2, -0.15) is 0 Å². The van der Waals surface area contributed by atoms with Crippen LogP contribution >= 0.6 is 0 Å². The molecule has 16 heavy (non-hydrogen) atoms. The molecule has 0 bridgehead atoms. The van der Waals surface area contributed by atoms with E-state index in [-0.39, 0.29) is 5.54 Å². The highest BCUT2D eigenvalue weighted by atomic mass is 16.5. The molecule has 2 atom stereocenters. The molecule has 1 aromatic heterocycles. The van der Waals surface area contributed by atoms with Crippen LogP contribution in [-0.2, 0) is 4.74 Å². The lowest BCUT2D eigenvalue weighted by Crippen LogP contribution is -2.51. The van der Waals surface area contributed by atoms with Gasteiger partial charge in [0.1, 0.15) is 0 Å². The van der Waals surface area contributed by atoms with Gasteiger partial charge in [-0.3, -0.25) is 4.98 Å². The van der Waals surface area contributed by atoms with Crippen molar-refractivity contribution in [3.8, 4) is 0 Å². The Balaban J connectivity index is 2.07. The van der Waals surface area contributed by atoms with Crippen molar-refractivity contribution in [2.24, 2.45) is 0 Å². The molecule has 1 aliphatic heterocycles. The van der Waals surface area contributed by atoms with E-state index in [9.17, 15) is 0 Å². The van der Waals surface area contributed by atoms with Gasteiger partial charge in [0.15, 0.2) is 0 Å². The standard InChI is InChI=1S/C13H20N2O/c1-13(10-16-2)8-11(5-7-15-13)12-4-3-6-14-9-12/h3-4,6,9,11,15H,5,7-8,10H2,1-2H3. The fourth-order valence-electron chi connectivity index (χ4n) is 2.60. The SMILES string of the molecule is COCC1(C)CC(c2cccnc2)CCN1. The van der Waals surface area contributed by atoms with Crippen LogP contribution in [0, 0.1) is 0 Å². The van der Waals surface area contributed by atoms with Crippen molar-refractivity contribution in [2.45, 2.75) is 31.2 Å². The maximum atomic E-state index is 5.29. The topological polar surface area (TPSA) is 34.1 Å². The van der Waals surface area contributed by atoms with Gasteiger partial charge in [-0.05, 0) is 43.9 Å². The molecular weight excluding hydrogens is 200 g/mol. The van der Waals surface area contributed by atoms with Gasteiger partial charge in [0, 0.05) is 25.0 Å². The Bertz CT molecular complexity index is 324. The summed E-state index contributed by atoms with van der Waals surface area (Å²) in [6.45, 7) is 4.06. The predicted octanol–water partition coefficient (Wildman–Crippen LogP) is 1.95. The van der Waals surface area contributed by atoms with Crippen LogP contribution in [0.4, 0.5) is 0 Å². The third kappa shape index (κ3) is 2.60. The smallest absolute Gasteiger partial charge is 0.0641 e. The van der Waals surface area contributed by atoms with E-state index in [4.69, 9.17) is 4.74 Å². The molecule has 0 spiro atoms. The molecule has 88 valence electrons. The highest BCUT2D eigenvalue weighted by Crippen LogP contribution is 2.32. The molecule has 3 heteroatoms. The quantitative estimate of drug-likeness (QED) is 0.845. The fraction of sp³-hybridized carbons (Fsp3) is 0.615. The van der Waals surface area contributed by atoms with Crippen molar-refractivity contribution in [1.29, 1.82) is 0 Å². The van der Waals surface area contributed by atoms with Crippen LogP contribution in [0.3, 0.4) is 0 Å². The first-order valence-corrected chi connectivity index (χ1v) is 5.87. The Morgan fingerprint density at radius 1 is 1.62 bits per heavy atom. The lowest BCUT2D eigenvalue weighted by Gasteiger charge is -2.39. The van der Waals surface area contributed by atoms with Gasteiger partial charge in [0.2, 0.25) is 0 Å². The molecule has 1 aliphatic rings. The van der Waals surface area contributed by atoms with Gasteiger partial charge in [-0.25, -0.2) is 0 Å². The highest BCUT2D eigenvalue weighted by molar-refractivity contribution is 5.17. The third-order valence-electron chi connectivity index (χ3n) is 3.36. The second-order valence-corrected chi connectivity index (χ2v) is 4.90. The molecule has 2 rings (SSSR count). The summed E-state index contributed by atoms with van der Waals surface area (Å²) in [4.78, 5) is 4.20. The van der Waals surface area contributed by atoms with Crippen molar-refractivity contribution in [1.82, 2.24) is 10.3 Å². The number of hydrogen-bond donors (Lipinski definition) is 1. The summed E-state index contributed by atoms with van der Waals surface area (Å²) in [6.07, 6.45) is 6.12. The first-order valence-electron chi connectivity index (χ1n) is 5.87. The van der Waals surface area contributed by atoms with E-state index in [0.29, 0.717) is 5.92 Å². The first kappa shape index (κ1) is 11.6. The second kappa shape index (κ2) is 4.93. The molecule has 0 amide bonds. The summed E-state index contributed by atoms with van der Waals surface area (Å²) >= 11 is 0. The molecule has 3 nitrogen and oxygen atoms in total. The van der Waals surface area contributed by atoms with Crippen molar-refractivity contribution in [2.75, 3.05) is 20.3 Å². The lowest BCUT2D eigenvalue weighted by molar-refractivity contribution is 0.0946. The third-order valence-corrected chi connectivity index (χ3v) is 3.36. The van der Waals surface area contributed by atoms with Crippen LogP contribution in [-0.4, -0.2) is 30.8 Å². The summed E-state index contributed by atoms with van der Waals surface area (Å²) in [6, 6.07) is 4.20. The zero-order valence-electron chi connectivity index (χ0n) is 10.1. The van der Waals surface area contributed by atoms with E-state index in [2.05, 4.69) is 23.3 Å². The summed E-state index contributed by atoms with van der Waals surface area (Å²) in [5, 5.41) is 3.55. The molecule has 1 fully saturated rings. The molecular formula is C13H20N2O. The van der Waals surface area contributed by atoms with Crippen LogP contribution < -0.4 is 5.32 Å². The monoisotopic (exact) mass is 220 g/mol. The van der Waals surface area contributed by atoms with Gasteiger partial charge in [-0.15, -0.1) is 0 Å². The van der Waals surface area contributed by atoms with Gasteiger partial charge in [-0.1, -0.05) is 6.07 Å². The van der Waals surface area contributed by atoms with E-state index in [1.165, 1.54) is 12.0 Å². The predicted molar refractivity (Wildman–Crippen MR) is 64.5 cm³/mol. The molecule has 1 saturated heterocycles. The van der Waals surface area contributed by atoms with Crippen LogP contribution in [0.15, 0.2) is 24.5 Å². The Morgan fingerprint density at radius 3 is 3.19 bits per heavy atom. The minimum absolute atomic E-state index is 0.105. The van der Waals surface area contributed by atoms with E-state index in [0.717, 1.165) is 19.6 Å². The number of rotatable bonds is 3. The van der Waals surface area contributed by atoms with Crippen molar-refractivity contribution in [3.63, 3.8) is 0 Å². The maximum absolute atomic E-state index is 5.29. The van der Waals surface area contributed by atoms with E-state index < -0.39 is 0 Å². The van der Waals surface area contributed by atoms with Crippen molar-refractivity contribution in [3.05, 3.63) is 30.1 Å². The van der Waals surface area contributed by atoms with Crippen LogP contribution in [0.2, 0.25) is 0 Å². The molecule has 0 radical (unpaired) electrons. The zero-order chi connectivity index (χ0) is 11.4. The number of ether oxygens (including phenoxy) is 1. The average molecular weight is 220 g/mol. The number of pyridine rings is 1. The van der Waals surface area contributed by atoms with Crippen molar-refractivity contribution >= 4 is 0 Å². The summed E-state index contributed by atoms with van der Waals surface area (Å²) < 4.78 is 5.29. The number of methoxy groups -OCH3 is 1. The number of nitrogens with one attached hydrogen (secondary N) is 1. The van der Waals surface area contributed by atoms with E-state index >= 15 is 0 Å². The maximum Gasteiger partial charge on any atom is 0.0641 e. The van der Waals surface area contributed by atoms with Gasteiger partial charge in [0.05, 0.1) is 6.61 Å². The average Bonchev–Trinajstić information content (AvgIpc) is 2.30. The highest BCUT2D eigenvalue weighted by Gasteiger charge is 2.32. The normalized spacial score (nSPS) is 30.2. The van der Waals surface area contributed by atoms with E-state index in [1.807, 2.05) is 18.5 Å². The van der Waals surface area contributed by atoms with Gasteiger partial charge >= 0.3 is 0 Å². The molecule has 1 N–H and O–H groups in total. The Morgan fingerprint density at radius 2 is 2.50 bits per heavy atom. The van der Waals surface area contributed by atoms with Crippen LogP contribution in [0.5, 0.6) is 0 Å². The second-order valence-electron chi connectivity index (χ2n) is 4.90. The van der Waals surface area contributed by atoms with Crippen LogP contribution in [0.1, 0.15) is 31.2 Å². The molecule has 0 saturated carbocycles. The Kier molecular flexibility index (Phi) is 3.56. The molecule has 1 aromatic rings. The van der Waals surface area contributed by atoms with Crippen molar-refractivity contribution < 1.29 is 4.74 Å². The number of piperidine rings is 1. The minimum Gasteiger partial charge on any atom is -0.383 e. The number of nitrogens with zero attached hydrogens (tertiary/aromatic N) is 1. The summed E-state index contributed by atoms with van der Waals surface area (Å²) in [5.41, 5.74) is 1.46. The number of hydrogen-bond acceptors (Lipinski definition) is 3.